The number of para-hydroxylation sites is 2. The Balaban J connectivity index is 1.81. The van der Waals surface area contributed by atoms with Gasteiger partial charge in [-0.05, 0) is 18.1 Å². The van der Waals surface area contributed by atoms with Gasteiger partial charge in [0.1, 0.15) is 12.2 Å². The third-order valence-corrected chi connectivity index (χ3v) is 3.51. The first kappa shape index (κ1) is 13.0. The quantitative estimate of drug-likeness (QED) is 0.927. The van der Waals surface area contributed by atoms with Crippen LogP contribution < -0.4 is 10.2 Å². The largest absolute Gasteiger partial charge is 0.382 e. The van der Waals surface area contributed by atoms with Crippen molar-refractivity contribution >= 4 is 11.4 Å². The fraction of sp³-hybridized carbons (Fsp3) is 0.467. The monoisotopic (exact) mass is 271 g/mol. The van der Waals surface area contributed by atoms with Crippen LogP contribution in [0.4, 0.5) is 11.4 Å². The summed E-state index contributed by atoms with van der Waals surface area (Å²) < 4.78 is 2.02. The summed E-state index contributed by atoms with van der Waals surface area (Å²) in [6, 6.07) is 8.43. The Kier molecular flexibility index (Phi) is 3.58. The molecule has 5 heteroatoms. The molecule has 2 heterocycles. The highest BCUT2D eigenvalue weighted by atomic mass is 15.4. The summed E-state index contributed by atoms with van der Waals surface area (Å²) in [5.41, 5.74) is 2.45. The van der Waals surface area contributed by atoms with Gasteiger partial charge in [-0.3, -0.25) is 0 Å². The van der Waals surface area contributed by atoms with Crippen LogP contribution in [0, 0.1) is 5.92 Å². The fourth-order valence-corrected chi connectivity index (χ4v) is 2.59. The molecule has 3 rings (SSSR count). The second kappa shape index (κ2) is 5.53. The first-order chi connectivity index (χ1) is 9.74. The zero-order chi connectivity index (χ0) is 13.9. The lowest BCUT2D eigenvalue weighted by Crippen LogP contribution is -2.34. The number of nitrogens with one attached hydrogen (secondary N) is 1. The second-order valence-corrected chi connectivity index (χ2v) is 5.62. The van der Waals surface area contributed by atoms with Gasteiger partial charge >= 0.3 is 0 Å². The van der Waals surface area contributed by atoms with E-state index in [2.05, 4.69) is 58.4 Å². The van der Waals surface area contributed by atoms with E-state index < -0.39 is 0 Å². The molecule has 20 heavy (non-hydrogen) atoms. The third kappa shape index (κ3) is 2.61. The van der Waals surface area contributed by atoms with Crippen LogP contribution in [0.5, 0.6) is 0 Å². The minimum Gasteiger partial charge on any atom is -0.382 e. The van der Waals surface area contributed by atoms with Gasteiger partial charge in [-0.2, -0.15) is 5.10 Å². The molecule has 0 fully saturated rings. The summed E-state index contributed by atoms with van der Waals surface area (Å²) in [6.07, 6.45) is 1.66. The Morgan fingerprint density at radius 3 is 3.00 bits per heavy atom. The van der Waals surface area contributed by atoms with Gasteiger partial charge in [0.25, 0.3) is 0 Å². The lowest BCUT2D eigenvalue weighted by molar-refractivity contribution is 0.463. The molecule has 1 aliphatic rings. The maximum Gasteiger partial charge on any atom is 0.146 e. The van der Waals surface area contributed by atoms with Gasteiger partial charge in [-0.25, -0.2) is 9.67 Å². The number of nitrogens with zero attached hydrogens (tertiary/aromatic N) is 4. The van der Waals surface area contributed by atoms with E-state index in [4.69, 9.17) is 0 Å². The number of hydrogen-bond acceptors (Lipinski definition) is 4. The molecular weight excluding hydrogens is 250 g/mol. The van der Waals surface area contributed by atoms with Gasteiger partial charge < -0.3 is 10.2 Å². The highest BCUT2D eigenvalue weighted by Gasteiger charge is 2.18. The van der Waals surface area contributed by atoms with Crippen LogP contribution in [0.25, 0.3) is 0 Å². The molecular formula is C15H21N5. The Labute approximate surface area is 119 Å². The molecule has 0 bridgehead atoms. The first-order valence-corrected chi connectivity index (χ1v) is 7.18. The molecule has 1 aliphatic heterocycles. The minimum atomic E-state index is 0.575. The van der Waals surface area contributed by atoms with E-state index in [1.54, 1.807) is 6.33 Å². The molecule has 0 radical (unpaired) electrons. The molecule has 0 saturated heterocycles. The Bertz CT molecular complexity index is 575. The summed E-state index contributed by atoms with van der Waals surface area (Å²) in [5.74, 6) is 1.61. The van der Waals surface area contributed by atoms with E-state index in [-0.39, 0.29) is 0 Å². The van der Waals surface area contributed by atoms with Gasteiger partial charge in [0, 0.05) is 19.6 Å². The van der Waals surface area contributed by atoms with Crippen molar-refractivity contribution in [2.45, 2.75) is 26.9 Å². The van der Waals surface area contributed by atoms with E-state index in [1.807, 2.05) is 4.68 Å². The zero-order valence-corrected chi connectivity index (χ0v) is 12.1. The van der Waals surface area contributed by atoms with Gasteiger partial charge in [0.15, 0.2) is 0 Å². The number of fused-ring (bicyclic) bond motifs is 1. The topological polar surface area (TPSA) is 46.0 Å². The van der Waals surface area contributed by atoms with Gasteiger partial charge in [-0.1, -0.05) is 26.0 Å². The van der Waals surface area contributed by atoms with Crippen molar-refractivity contribution < 1.29 is 0 Å². The maximum absolute atomic E-state index is 4.43. The molecule has 0 aliphatic carbocycles. The second-order valence-electron chi connectivity index (χ2n) is 5.62. The highest BCUT2D eigenvalue weighted by Crippen LogP contribution is 2.29. The van der Waals surface area contributed by atoms with Crippen molar-refractivity contribution in [3.8, 4) is 0 Å². The SMILES string of the molecule is CC(C)Cn1ncnc1CN1CCNc2ccccc21. The minimum absolute atomic E-state index is 0.575. The van der Waals surface area contributed by atoms with Crippen molar-refractivity contribution in [3.63, 3.8) is 0 Å². The maximum atomic E-state index is 4.43. The highest BCUT2D eigenvalue weighted by molar-refractivity contribution is 5.71. The van der Waals surface area contributed by atoms with E-state index >= 15 is 0 Å². The van der Waals surface area contributed by atoms with Crippen LogP contribution in [0.15, 0.2) is 30.6 Å². The van der Waals surface area contributed by atoms with Crippen molar-refractivity contribution in [2.75, 3.05) is 23.3 Å². The van der Waals surface area contributed by atoms with E-state index in [9.17, 15) is 0 Å². The summed E-state index contributed by atoms with van der Waals surface area (Å²) in [4.78, 5) is 6.79. The fourth-order valence-electron chi connectivity index (χ4n) is 2.59. The number of rotatable bonds is 4. The molecule has 0 amide bonds. The molecule has 2 aromatic rings. The average Bonchev–Trinajstić information content (AvgIpc) is 2.86. The normalized spacial score (nSPS) is 14.2. The standard InChI is InChI=1S/C15H21N5/c1-12(2)9-20-15(17-11-18-20)10-19-8-7-16-13-5-3-4-6-14(13)19/h3-6,11-12,16H,7-10H2,1-2H3. The predicted octanol–water partition coefficient (Wildman–Crippen LogP) is 2.37. The average molecular weight is 271 g/mol. The predicted molar refractivity (Wildman–Crippen MR) is 80.8 cm³/mol. The molecule has 1 aromatic heterocycles. The Morgan fingerprint density at radius 2 is 2.15 bits per heavy atom. The summed E-state index contributed by atoms with van der Waals surface area (Å²) in [6.45, 7) is 8.09. The molecule has 0 atom stereocenters. The third-order valence-electron chi connectivity index (χ3n) is 3.51. The lowest BCUT2D eigenvalue weighted by Gasteiger charge is -2.31. The smallest absolute Gasteiger partial charge is 0.146 e. The number of hydrogen-bond donors (Lipinski definition) is 1. The van der Waals surface area contributed by atoms with Crippen LogP contribution in [0.3, 0.4) is 0 Å². The van der Waals surface area contributed by atoms with Crippen LogP contribution >= 0.6 is 0 Å². The molecule has 5 nitrogen and oxygen atoms in total. The van der Waals surface area contributed by atoms with Crippen LogP contribution in [-0.2, 0) is 13.1 Å². The molecule has 0 unspecified atom stereocenters. The molecule has 0 spiro atoms. The molecule has 1 aromatic carbocycles. The van der Waals surface area contributed by atoms with E-state index in [1.165, 1.54) is 11.4 Å². The number of anilines is 2. The van der Waals surface area contributed by atoms with Crippen LogP contribution in [0.2, 0.25) is 0 Å². The number of aromatic nitrogens is 3. The zero-order valence-electron chi connectivity index (χ0n) is 12.1. The molecule has 0 saturated carbocycles. The first-order valence-electron chi connectivity index (χ1n) is 7.18. The van der Waals surface area contributed by atoms with Crippen LogP contribution in [0.1, 0.15) is 19.7 Å². The van der Waals surface area contributed by atoms with Crippen molar-refractivity contribution in [3.05, 3.63) is 36.4 Å². The van der Waals surface area contributed by atoms with Gasteiger partial charge in [0.05, 0.1) is 17.9 Å². The van der Waals surface area contributed by atoms with Gasteiger partial charge in [0.2, 0.25) is 0 Å². The Hall–Kier alpha value is -2.04. The van der Waals surface area contributed by atoms with Crippen molar-refractivity contribution in [1.82, 2.24) is 14.8 Å². The van der Waals surface area contributed by atoms with Crippen LogP contribution in [-0.4, -0.2) is 27.9 Å². The van der Waals surface area contributed by atoms with E-state index in [0.29, 0.717) is 5.92 Å². The molecule has 106 valence electrons. The van der Waals surface area contributed by atoms with E-state index in [0.717, 1.165) is 32.0 Å². The summed E-state index contributed by atoms with van der Waals surface area (Å²) in [7, 11) is 0. The summed E-state index contributed by atoms with van der Waals surface area (Å²) >= 11 is 0. The van der Waals surface area contributed by atoms with Crippen molar-refractivity contribution in [2.24, 2.45) is 5.92 Å². The lowest BCUT2D eigenvalue weighted by atomic mass is 10.2. The van der Waals surface area contributed by atoms with Gasteiger partial charge in [-0.15, -0.1) is 0 Å². The molecule has 1 N–H and O–H groups in total. The Morgan fingerprint density at radius 1 is 1.30 bits per heavy atom. The van der Waals surface area contributed by atoms with Crippen molar-refractivity contribution in [1.29, 1.82) is 0 Å². The summed E-state index contributed by atoms with van der Waals surface area (Å²) in [5, 5.41) is 7.78. The number of benzene rings is 1.